The van der Waals surface area contributed by atoms with E-state index in [-0.39, 0.29) is 11.5 Å². The fraction of sp³-hybridized carbons (Fsp3) is 0.368. The van der Waals surface area contributed by atoms with E-state index in [0.717, 1.165) is 40.2 Å². The Hall–Kier alpha value is -1.87. The number of carbonyl (C=O) groups is 1. The number of benzene rings is 1. The van der Waals surface area contributed by atoms with Gasteiger partial charge in [0.15, 0.2) is 0 Å². The number of halogens is 1. The second-order valence-electron chi connectivity index (χ2n) is 6.87. The summed E-state index contributed by atoms with van der Waals surface area (Å²) in [6.07, 6.45) is 2.53. The van der Waals surface area contributed by atoms with Gasteiger partial charge in [0.05, 0.1) is 22.8 Å². The minimum atomic E-state index is -0.298. The minimum absolute atomic E-state index is 0.275. The number of hydrogen-bond acceptors (Lipinski definition) is 3. The van der Waals surface area contributed by atoms with E-state index in [1.807, 2.05) is 18.2 Å². The van der Waals surface area contributed by atoms with E-state index in [1.54, 1.807) is 6.08 Å². The maximum Gasteiger partial charge on any atom is 0.143 e. The highest BCUT2D eigenvalue weighted by atomic mass is 35.5. The lowest BCUT2D eigenvalue weighted by Crippen LogP contribution is -2.38. The lowest BCUT2D eigenvalue weighted by molar-refractivity contribution is -0.104. The lowest BCUT2D eigenvalue weighted by Gasteiger charge is -2.37. The van der Waals surface area contributed by atoms with Crippen LogP contribution in [0.1, 0.15) is 34.6 Å². The molecule has 1 aromatic carbocycles. The summed E-state index contributed by atoms with van der Waals surface area (Å²) in [6.45, 7) is 10.6. The van der Waals surface area contributed by atoms with Crippen LogP contribution in [0, 0.1) is 5.41 Å². The van der Waals surface area contributed by atoms with E-state index < -0.39 is 0 Å². The van der Waals surface area contributed by atoms with Gasteiger partial charge in [0.1, 0.15) is 6.29 Å². The Balaban J connectivity index is 2.35. The van der Waals surface area contributed by atoms with E-state index >= 15 is 0 Å². The average molecular weight is 329 g/mol. The highest BCUT2D eigenvalue weighted by Gasteiger charge is 2.45. The van der Waals surface area contributed by atoms with Crippen molar-refractivity contribution >= 4 is 35.0 Å². The summed E-state index contributed by atoms with van der Waals surface area (Å²) in [5.41, 5.74) is 5.93. The zero-order valence-electron chi connectivity index (χ0n) is 14.1. The molecule has 0 bridgehead atoms. The maximum atomic E-state index is 11.1. The van der Waals surface area contributed by atoms with Crippen molar-refractivity contribution in [3.63, 3.8) is 0 Å². The van der Waals surface area contributed by atoms with Gasteiger partial charge in [0, 0.05) is 16.5 Å². The Labute approximate surface area is 142 Å². The van der Waals surface area contributed by atoms with E-state index in [1.165, 1.54) is 0 Å². The van der Waals surface area contributed by atoms with Crippen LogP contribution in [0.5, 0.6) is 0 Å². The molecule has 1 aliphatic carbocycles. The average Bonchev–Trinajstić information content (AvgIpc) is 2.66. The molecule has 3 nitrogen and oxygen atoms in total. The number of nitrogens with zero attached hydrogens (tertiary/aromatic N) is 2. The largest absolute Gasteiger partial charge is 0.335 e. The molecule has 1 aromatic rings. The third-order valence-corrected chi connectivity index (χ3v) is 4.91. The molecular weight excluding hydrogens is 308 g/mol. The highest BCUT2D eigenvalue weighted by Crippen LogP contribution is 2.51. The monoisotopic (exact) mass is 328 g/mol. The van der Waals surface area contributed by atoms with Crippen LogP contribution in [0.3, 0.4) is 0 Å². The molecule has 2 aliphatic rings. The number of aliphatic imine (C=N–C) groups is 1. The van der Waals surface area contributed by atoms with Gasteiger partial charge < -0.3 is 4.90 Å². The topological polar surface area (TPSA) is 32.7 Å². The minimum Gasteiger partial charge on any atom is -0.335 e. The fourth-order valence-corrected chi connectivity index (χ4v) is 3.82. The van der Waals surface area contributed by atoms with E-state index in [2.05, 4.69) is 39.5 Å². The van der Waals surface area contributed by atoms with Crippen LogP contribution in [0.4, 0.5) is 11.4 Å². The second-order valence-corrected chi connectivity index (χ2v) is 7.31. The van der Waals surface area contributed by atoms with Gasteiger partial charge in [-0.1, -0.05) is 25.4 Å². The Morgan fingerprint density at radius 3 is 2.61 bits per heavy atom. The number of aldehydes is 1. The second kappa shape index (κ2) is 5.34. The molecule has 3 rings (SSSR count). The summed E-state index contributed by atoms with van der Waals surface area (Å²) in [4.78, 5) is 18.3. The smallest absolute Gasteiger partial charge is 0.143 e. The van der Waals surface area contributed by atoms with Gasteiger partial charge in [0.2, 0.25) is 0 Å². The van der Waals surface area contributed by atoms with Crippen LogP contribution in [-0.2, 0) is 4.79 Å². The first-order valence-corrected chi connectivity index (χ1v) is 8.22. The first-order chi connectivity index (χ1) is 10.8. The number of allylic oxidation sites excluding steroid dienone is 4. The van der Waals surface area contributed by atoms with Crippen LogP contribution in [0.25, 0.3) is 0 Å². The molecule has 1 aliphatic heterocycles. The van der Waals surface area contributed by atoms with Crippen molar-refractivity contribution in [1.82, 2.24) is 0 Å². The number of anilines is 1. The molecule has 0 saturated heterocycles. The van der Waals surface area contributed by atoms with Crippen molar-refractivity contribution in [3.05, 3.63) is 46.1 Å². The SMILES string of the molecule is CC1=C2C(=Nc3cc(Cl)ccc3N2C(C)C)C(C)(C)/C1=C/C=O. The number of rotatable bonds is 2. The quantitative estimate of drug-likeness (QED) is 0.560. The first kappa shape index (κ1) is 16.0. The van der Waals surface area contributed by atoms with Crippen molar-refractivity contribution in [1.29, 1.82) is 0 Å². The molecular formula is C19H21ClN2O. The molecule has 0 spiro atoms. The Bertz CT molecular complexity index is 785. The molecule has 0 fully saturated rings. The Kier molecular flexibility index (Phi) is 3.72. The van der Waals surface area contributed by atoms with Gasteiger partial charge in [-0.05, 0) is 56.2 Å². The van der Waals surface area contributed by atoms with Gasteiger partial charge in [-0.25, -0.2) is 4.99 Å². The first-order valence-electron chi connectivity index (χ1n) is 7.84. The summed E-state index contributed by atoms with van der Waals surface area (Å²) in [7, 11) is 0. The van der Waals surface area contributed by atoms with Gasteiger partial charge in [-0.2, -0.15) is 0 Å². The molecule has 0 amide bonds. The molecule has 0 saturated carbocycles. The predicted octanol–water partition coefficient (Wildman–Crippen LogP) is 5.08. The standard InChI is InChI=1S/C19H21ClN2O/c1-11(2)22-16-7-6-13(20)10-15(16)21-18-17(22)12(3)14(8-9-23)19(18,4)5/h6-11H,1-5H3/b14-8+. The normalized spacial score (nSPS) is 20.7. The predicted molar refractivity (Wildman–Crippen MR) is 96.8 cm³/mol. The zero-order chi connectivity index (χ0) is 16.9. The van der Waals surface area contributed by atoms with Gasteiger partial charge in [0.25, 0.3) is 0 Å². The summed E-state index contributed by atoms with van der Waals surface area (Å²) in [5, 5.41) is 0.681. The third-order valence-electron chi connectivity index (χ3n) is 4.67. The highest BCUT2D eigenvalue weighted by molar-refractivity contribution is 6.31. The Morgan fingerprint density at radius 1 is 1.30 bits per heavy atom. The fourth-order valence-electron chi connectivity index (χ4n) is 3.65. The van der Waals surface area contributed by atoms with Crippen molar-refractivity contribution in [2.24, 2.45) is 10.4 Å². The summed E-state index contributed by atoms with van der Waals surface area (Å²) in [6, 6.07) is 6.10. The molecule has 0 atom stereocenters. The molecule has 0 N–H and O–H groups in total. The lowest BCUT2D eigenvalue weighted by atomic mass is 9.82. The van der Waals surface area contributed by atoms with Gasteiger partial charge in [-0.15, -0.1) is 0 Å². The van der Waals surface area contributed by atoms with Gasteiger partial charge in [-0.3, -0.25) is 4.79 Å². The third kappa shape index (κ3) is 2.26. The summed E-state index contributed by atoms with van der Waals surface area (Å²) in [5.74, 6) is 0. The molecule has 23 heavy (non-hydrogen) atoms. The molecule has 0 aromatic heterocycles. The van der Waals surface area contributed by atoms with Crippen molar-refractivity contribution < 1.29 is 4.79 Å². The van der Waals surface area contributed by atoms with E-state index in [4.69, 9.17) is 16.6 Å². The van der Waals surface area contributed by atoms with E-state index in [0.29, 0.717) is 5.02 Å². The van der Waals surface area contributed by atoms with Crippen molar-refractivity contribution in [2.75, 3.05) is 4.90 Å². The molecule has 120 valence electrons. The summed E-state index contributed by atoms with van der Waals surface area (Å²) >= 11 is 6.17. The molecule has 0 unspecified atom stereocenters. The molecule has 4 heteroatoms. The van der Waals surface area contributed by atoms with Crippen LogP contribution in [0.2, 0.25) is 5.02 Å². The number of hydrogen-bond donors (Lipinski definition) is 0. The summed E-state index contributed by atoms with van der Waals surface area (Å²) < 4.78 is 0. The Morgan fingerprint density at radius 2 is 2.00 bits per heavy atom. The molecule has 0 radical (unpaired) electrons. The van der Waals surface area contributed by atoms with E-state index in [9.17, 15) is 4.79 Å². The van der Waals surface area contributed by atoms with Gasteiger partial charge >= 0.3 is 0 Å². The van der Waals surface area contributed by atoms with Crippen molar-refractivity contribution in [3.8, 4) is 0 Å². The van der Waals surface area contributed by atoms with Crippen molar-refractivity contribution in [2.45, 2.75) is 40.7 Å². The van der Waals surface area contributed by atoms with Crippen LogP contribution < -0.4 is 4.90 Å². The number of fused-ring (bicyclic) bond motifs is 2. The number of carbonyl (C=O) groups excluding carboxylic acids is 1. The molecule has 1 heterocycles. The van der Waals surface area contributed by atoms with Crippen LogP contribution in [0.15, 0.2) is 46.1 Å². The van der Waals surface area contributed by atoms with Crippen LogP contribution in [-0.4, -0.2) is 18.0 Å². The maximum absolute atomic E-state index is 11.1. The van der Waals surface area contributed by atoms with Crippen LogP contribution >= 0.6 is 11.6 Å². The zero-order valence-corrected chi connectivity index (χ0v) is 14.9.